The number of nitrogens with one attached hydrogen (secondary N) is 2. The first-order valence-electron chi connectivity index (χ1n) is 10.4. The van der Waals surface area contributed by atoms with Gasteiger partial charge >= 0.3 is 5.97 Å². The van der Waals surface area contributed by atoms with Crippen LogP contribution in [-0.2, 0) is 30.8 Å². The summed E-state index contributed by atoms with van der Waals surface area (Å²) in [6, 6.07) is 11.5. The highest BCUT2D eigenvalue weighted by Crippen LogP contribution is 2.29. The minimum absolute atomic E-state index is 0.0695. The maximum atomic E-state index is 12.9. The van der Waals surface area contributed by atoms with Crippen LogP contribution in [0, 0.1) is 0 Å². The number of nitrogens with zero attached hydrogens (tertiary/aromatic N) is 1. The van der Waals surface area contributed by atoms with Crippen LogP contribution >= 0.6 is 11.6 Å². The van der Waals surface area contributed by atoms with Crippen molar-refractivity contribution in [1.29, 1.82) is 0 Å². The van der Waals surface area contributed by atoms with Gasteiger partial charge in [0.25, 0.3) is 0 Å². The lowest BCUT2D eigenvalue weighted by molar-refractivity contribution is -0.138. The Morgan fingerprint density at radius 1 is 1.20 bits per heavy atom. The molecule has 1 aromatic heterocycles. The second-order valence-corrected chi connectivity index (χ2v) is 9.59. The van der Waals surface area contributed by atoms with Gasteiger partial charge in [-0.2, -0.15) is 0 Å². The van der Waals surface area contributed by atoms with Crippen LogP contribution in [0.1, 0.15) is 18.9 Å². The van der Waals surface area contributed by atoms with Crippen molar-refractivity contribution in [3.05, 3.63) is 59.2 Å². The molecule has 35 heavy (non-hydrogen) atoms. The number of halogens is 1. The van der Waals surface area contributed by atoms with Crippen molar-refractivity contribution >= 4 is 56.4 Å². The standard InChI is InChI=1S/C23H22ClN3O7S/c1-14(29)25-16-5-7-21(35(32,33)27-17(13-28)12-23(30)31)20(11-16)34-10-9-15-3-2-4-19-18(15)6-8-22(24)26-19/h2-8,11,13,17,27H,9-10,12H2,1H3,(H,25,29)(H,30,31). The molecule has 10 nitrogen and oxygen atoms in total. The maximum Gasteiger partial charge on any atom is 0.305 e. The third-order valence-electron chi connectivity index (χ3n) is 4.84. The topological polar surface area (TPSA) is 152 Å². The molecular formula is C23H22ClN3O7S. The number of carbonyl (C=O) groups is 3. The molecule has 12 heteroatoms. The van der Waals surface area contributed by atoms with Crippen molar-refractivity contribution in [3.8, 4) is 5.75 Å². The molecule has 3 aromatic rings. The Hall–Kier alpha value is -3.54. The highest BCUT2D eigenvalue weighted by molar-refractivity contribution is 7.89. The Balaban J connectivity index is 1.87. The van der Waals surface area contributed by atoms with E-state index in [0.717, 1.165) is 10.9 Å². The summed E-state index contributed by atoms with van der Waals surface area (Å²) in [6.45, 7) is 1.37. The summed E-state index contributed by atoms with van der Waals surface area (Å²) in [4.78, 5) is 37.5. The summed E-state index contributed by atoms with van der Waals surface area (Å²) >= 11 is 5.96. The molecule has 3 N–H and O–H groups in total. The Morgan fingerprint density at radius 2 is 1.97 bits per heavy atom. The van der Waals surface area contributed by atoms with Crippen LogP contribution in [0.25, 0.3) is 10.9 Å². The van der Waals surface area contributed by atoms with Gasteiger partial charge in [-0.15, -0.1) is 0 Å². The van der Waals surface area contributed by atoms with Gasteiger partial charge in [0.15, 0.2) is 0 Å². The van der Waals surface area contributed by atoms with Crippen molar-refractivity contribution < 1.29 is 32.6 Å². The van der Waals surface area contributed by atoms with Crippen LogP contribution in [0.4, 0.5) is 5.69 Å². The third-order valence-corrected chi connectivity index (χ3v) is 6.58. The van der Waals surface area contributed by atoms with Crippen LogP contribution < -0.4 is 14.8 Å². The quantitative estimate of drug-likeness (QED) is 0.258. The van der Waals surface area contributed by atoms with Crippen LogP contribution in [0.15, 0.2) is 53.4 Å². The number of fused-ring (bicyclic) bond motifs is 1. The molecular weight excluding hydrogens is 498 g/mol. The lowest BCUT2D eigenvalue weighted by atomic mass is 10.1. The zero-order valence-corrected chi connectivity index (χ0v) is 20.1. The van der Waals surface area contributed by atoms with Gasteiger partial charge in [-0.05, 0) is 35.9 Å². The van der Waals surface area contributed by atoms with Crippen LogP contribution in [0.2, 0.25) is 5.15 Å². The fourth-order valence-electron chi connectivity index (χ4n) is 3.38. The number of carboxylic acids is 1. The molecule has 0 spiro atoms. The van der Waals surface area contributed by atoms with E-state index in [2.05, 4.69) is 15.0 Å². The van der Waals surface area contributed by atoms with Gasteiger partial charge in [0.1, 0.15) is 22.1 Å². The number of anilines is 1. The molecule has 0 bridgehead atoms. The number of rotatable bonds is 11. The highest BCUT2D eigenvalue weighted by Gasteiger charge is 2.25. The molecule has 0 saturated heterocycles. The number of pyridine rings is 1. The molecule has 1 heterocycles. The van der Waals surface area contributed by atoms with E-state index >= 15 is 0 Å². The minimum Gasteiger partial charge on any atom is -0.492 e. The summed E-state index contributed by atoms with van der Waals surface area (Å²) in [6.07, 6.45) is -0.116. The van der Waals surface area contributed by atoms with E-state index in [1.165, 1.54) is 25.1 Å². The van der Waals surface area contributed by atoms with Gasteiger partial charge in [0, 0.05) is 30.5 Å². The number of amides is 1. The predicted octanol–water partition coefficient (Wildman–Crippen LogP) is 2.79. The summed E-state index contributed by atoms with van der Waals surface area (Å²) < 4.78 is 33.7. The molecule has 0 aliphatic heterocycles. The van der Waals surface area contributed by atoms with Crippen molar-refractivity contribution in [2.45, 2.75) is 30.7 Å². The molecule has 1 amide bonds. The third kappa shape index (κ3) is 6.98. The van der Waals surface area contributed by atoms with Gasteiger partial charge in [0.2, 0.25) is 15.9 Å². The van der Waals surface area contributed by atoms with E-state index in [0.29, 0.717) is 22.8 Å². The number of hydrogen-bond acceptors (Lipinski definition) is 7. The average molecular weight is 520 g/mol. The van der Waals surface area contributed by atoms with Crippen molar-refractivity contribution in [2.75, 3.05) is 11.9 Å². The van der Waals surface area contributed by atoms with Gasteiger partial charge in [-0.1, -0.05) is 23.7 Å². The molecule has 0 radical (unpaired) electrons. The van der Waals surface area contributed by atoms with Crippen LogP contribution in [0.3, 0.4) is 0 Å². The Morgan fingerprint density at radius 3 is 2.66 bits per heavy atom. The molecule has 2 aromatic carbocycles. The summed E-state index contributed by atoms with van der Waals surface area (Å²) in [5.41, 5.74) is 1.90. The van der Waals surface area contributed by atoms with Crippen molar-refractivity contribution in [2.24, 2.45) is 0 Å². The number of ether oxygens (including phenoxy) is 1. The Bertz CT molecular complexity index is 1380. The van der Waals surface area contributed by atoms with E-state index in [4.69, 9.17) is 21.4 Å². The van der Waals surface area contributed by atoms with Crippen LogP contribution in [-0.4, -0.2) is 49.3 Å². The van der Waals surface area contributed by atoms with E-state index in [1.54, 1.807) is 6.07 Å². The Kier molecular flexibility index (Phi) is 8.39. The average Bonchev–Trinajstić information content (AvgIpc) is 2.77. The van der Waals surface area contributed by atoms with E-state index in [9.17, 15) is 22.8 Å². The van der Waals surface area contributed by atoms with Gasteiger partial charge in [0.05, 0.1) is 24.6 Å². The molecule has 0 saturated carbocycles. The van der Waals surface area contributed by atoms with Crippen LogP contribution in [0.5, 0.6) is 5.75 Å². The molecule has 3 rings (SSSR count). The highest BCUT2D eigenvalue weighted by atomic mass is 35.5. The number of carbonyl (C=O) groups excluding carboxylic acids is 2. The lowest BCUT2D eigenvalue weighted by Gasteiger charge is -2.16. The molecule has 0 fully saturated rings. The zero-order valence-electron chi connectivity index (χ0n) is 18.5. The number of carboxylic acid groups (broad SMARTS) is 1. The monoisotopic (exact) mass is 519 g/mol. The fraction of sp³-hybridized carbons (Fsp3) is 0.217. The predicted molar refractivity (Wildman–Crippen MR) is 129 cm³/mol. The zero-order chi connectivity index (χ0) is 25.6. The number of hydrogen-bond donors (Lipinski definition) is 3. The fourth-order valence-corrected chi connectivity index (χ4v) is 4.82. The molecule has 0 aliphatic carbocycles. The number of sulfonamides is 1. The molecule has 1 atom stereocenters. The smallest absolute Gasteiger partial charge is 0.305 e. The number of benzene rings is 2. The summed E-state index contributed by atoms with van der Waals surface area (Å²) in [5.74, 6) is -1.78. The molecule has 184 valence electrons. The summed E-state index contributed by atoms with van der Waals surface area (Å²) in [5, 5.41) is 12.7. The van der Waals surface area contributed by atoms with E-state index in [1.807, 2.05) is 24.3 Å². The van der Waals surface area contributed by atoms with Gasteiger partial charge in [-0.3, -0.25) is 9.59 Å². The van der Waals surface area contributed by atoms with E-state index in [-0.39, 0.29) is 29.4 Å². The van der Waals surface area contributed by atoms with Gasteiger partial charge in [-0.25, -0.2) is 18.1 Å². The molecule has 1 unspecified atom stereocenters. The summed E-state index contributed by atoms with van der Waals surface area (Å²) in [7, 11) is -4.33. The Labute approximate surface area is 206 Å². The molecule has 0 aliphatic rings. The minimum atomic E-state index is -4.33. The number of aliphatic carboxylic acids is 1. The second-order valence-electron chi connectivity index (χ2n) is 7.52. The lowest BCUT2D eigenvalue weighted by Crippen LogP contribution is -2.37. The second kappa shape index (κ2) is 11.3. The van der Waals surface area contributed by atoms with Gasteiger partial charge < -0.3 is 20.0 Å². The SMILES string of the molecule is CC(=O)Nc1ccc(S(=O)(=O)NC(C=O)CC(=O)O)c(OCCc2cccc3nc(Cl)ccc23)c1. The normalized spacial score (nSPS) is 12.2. The number of aldehydes is 1. The van der Waals surface area contributed by atoms with E-state index < -0.39 is 28.5 Å². The van der Waals surface area contributed by atoms with Crippen molar-refractivity contribution in [3.63, 3.8) is 0 Å². The first-order chi connectivity index (χ1) is 16.6. The first-order valence-corrected chi connectivity index (χ1v) is 12.2. The number of aromatic nitrogens is 1. The largest absolute Gasteiger partial charge is 0.492 e. The maximum absolute atomic E-state index is 12.9. The first kappa shape index (κ1) is 26.1. The van der Waals surface area contributed by atoms with Crippen molar-refractivity contribution in [1.82, 2.24) is 9.71 Å².